The van der Waals surface area contributed by atoms with Crippen LogP contribution in [-0.2, 0) is 4.74 Å². The summed E-state index contributed by atoms with van der Waals surface area (Å²) in [5.74, 6) is 0. The van der Waals surface area contributed by atoms with Crippen molar-refractivity contribution < 1.29 is 9.84 Å². The Kier molecular flexibility index (Phi) is 4.64. The van der Waals surface area contributed by atoms with Gasteiger partial charge in [-0.05, 0) is 46.6 Å². The molecular formula is C14H28N2O2. The highest BCUT2D eigenvalue weighted by Crippen LogP contribution is 2.32. The van der Waals surface area contributed by atoms with E-state index in [1.807, 2.05) is 7.05 Å². The molecule has 0 amide bonds. The van der Waals surface area contributed by atoms with Crippen molar-refractivity contribution in [3.8, 4) is 0 Å². The van der Waals surface area contributed by atoms with Gasteiger partial charge < -0.3 is 15.2 Å². The zero-order valence-electron chi connectivity index (χ0n) is 12.0. The summed E-state index contributed by atoms with van der Waals surface area (Å²) >= 11 is 0. The SMILES string of the molecule is CNC1(CO)CCCC(N2CC(C)OCC2C)C1. The largest absolute Gasteiger partial charge is 0.394 e. The molecule has 1 aliphatic heterocycles. The first-order chi connectivity index (χ1) is 8.60. The number of hydrogen-bond donors (Lipinski definition) is 2. The third kappa shape index (κ3) is 2.87. The third-order valence-corrected chi connectivity index (χ3v) is 4.78. The molecule has 1 saturated heterocycles. The Morgan fingerprint density at radius 1 is 1.44 bits per heavy atom. The molecule has 1 aliphatic carbocycles. The summed E-state index contributed by atoms with van der Waals surface area (Å²) in [4.78, 5) is 2.59. The summed E-state index contributed by atoms with van der Waals surface area (Å²) in [6.07, 6.45) is 4.92. The third-order valence-electron chi connectivity index (χ3n) is 4.78. The Morgan fingerprint density at radius 3 is 2.89 bits per heavy atom. The van der Waals surface area contributed by atoms with E-state index >= 15 is 0 Å². The maximum absolute atomic E-state index is 9.67. The smallest absolute Gasteiger partial charge is 0.0674 e. The minimum atomic E-state index is -0.0653. The Hall–Kier alpha value is -0.160. The quantitative estimate of drug-likeness (QED) is 0.790. The molecule has 0 aromatic heterocycles. The van der Waals surface area contributed by atoms with Crippen LogP contribution in [0.3, 0.4) is 0 Å². The minimum Gasteiger partial charge on any atom is -0.394 e. The molecule has 106 valence electrons. The van der Waals surface area contributed by atoms with Crippen LogP contribution < -0.4 is 5.32 Å². The monoisotopic (exact) mass is 256 g/mol. The van der Waals surface area contributed by atoms with Crippen molar-refractivity contribution in [2.45, 2.75) is 63.3 Å². The molecule has 0 spiro atoms. The Balaban J connectivity index is 2.03. The van der Waals surface area contributed by atoms with E-state index in [0.29, 0.717) is 18.2 Å². The fourth-order valence-corrected chi connectivity index (χ4v) is 3.50. The average Bonchev–Trinajstić information content (AvgIpc) is 2.41. The number of aliphatic hydroxyl groups excluding tert-OH is 1. The van der Waals surface area contributed by atoms with Gasteiger partial charge in [-0.25, -0.2) is 0 Å². The molecule has 2 N–H and O–H groups in total. The van der Waals surface area contributed by atoms with E-state index in [2.05, 4.69) is 24.1 Å². The van der Waals surface area contributed by atoms with Gasteiger partial charge in [0.25, 0.3) is 0 Å². The molecule has 1 saturated carbocycles. The van der Waals surface area contributed by atoms with E-state index in [1.54, 1.807) is 0 Å². The normalized spacial score (nSPS) is 43.0. The molecule has 4 heteroatoms. The van der Waals surface area contributed by atoms with E-state index in [1.165, 1.54) is 12.8 Å². The van der Waals surface area contributed by atoms with Crippen molar-refractivity contribution in [2.24, 2.45) is 0 Å². The molecule has 4 unspecified atom stereocenters. The van der Waals surface area contributed by atoms with Crippen molar-refractivity contribution in [2.75, 3.05) is 26.8 Å². The van der Waals surface area contributed by atoms with Crippen LogP contribution in [0.4, 0.5) is 0 Å². The highest BCUT2D eigenvalue weighted by molar-refractivity contribution is 4.97. The Bertz CT molecular complexity index is 269. The van der Waals surface area contributed by atoms with Crippen molar-refractivity contribution in [3.63, 3.8) is 0 Å². The number of hydrogen-bond acceptors (Lipinski definition) is 4. The first kappa shape index (κ1) is 14.3. The maximum atomic E-state index is 9.67. The lowest BCUT2D eigenvalue weighted by atomic mass is 9.78. The van der Waals surface area contributed by atoms with Gasteiger partial charge in [-0.15, -0.1) is 0 Å². The van der Waals surface area contributed by atoms with Crippen LogP contribution in [-0.4, -0.2) is 60.5 Å². The summed E-state index contributed by atoms with van der Waals surface area (Å²) in [5, 5.41) is 13.0. The molecule has 1 heterocycles. The van der Waals surface area contributed by atoms with Gasteiger partial charge in [0.2, 0.25) is 0 Å². The molecule has 0 bridgehead atoms. The second kappa shape index (κ2) is 5.87. The number of ether oxygens (including phenoxy) is 1. The molecular weight excluding hydrogens is 228 g/mol. The highest BCUT2D eigenvalue weighted by Gasteiger charge is 2.39. The zero-order chi connectivity index (χ0) is 13.2. The number of nitrogens with one attached hydrogen (secondary N) is 1. The van der Waals surface area contributed by atoms with Crippen molar-refractivity contribution in [3.05, 3.63) is 0 Å². The van der Waals surface area contributed by atoms with E-state index in [9.17, 15) is 5.11 Å². The molecule has 4 atom stereocenters. The summed E-state index contributed by atoms with van der Waals surface area (Å²) in [6.45, 7) is 6.51. The molecule has 18 heavy (non-hydrogen) atoms. The predicted octanol–water partition coefficient (Wildman–Crippen LogP) is 0.989. The molecule has 2 rings (SSSR count). The lowest BCUT2D eigenvalue weighted by Crippen LogP contribution is -2.59. The van der Waals surface area contributed by atoms with Crippen LogP contribution >= 0.6 is 0 Å². The van der Waals surface area contributed by atoms with Gasteiger partial charge in [-0.3, -0.25) is 4.90 Å². The summed E-state index contributed by atoms with van der Waals surface area (Å²) < 4.78 is 5.71. The van der Waals surface area contributed by atoms with Crippen LogP contribution in [0.2, 0.25) is 0 Å². The van der Waals surface area contributed by atoms with E-state index in [-0.39, 0.29) is 12.1 Å². The van der Waals surface area contributed by atoms with Crippen LogP contribution in [0.15, 0.2) is 0 Å². The number of likely N-dealkylation sites (N-methyl/N-ethyl adjacent to an activating group) is 1. The van der Waals surface area contributed by atoms with Crippen LogP contribution in [0, 0.1) is 0 Å². The highest BCUT2D eigenvalue weighted by atomic mass is 16.5. The minimum absolute atomic E-state index is 0.0653. The van der Waals surface area contributed by atoms with Gasteiger partial charge in [0, 0.05) is 24.2 Å². The number of morpholine rings is 1. The molecule has 0 radical (unpaired) electrons. The van der Waals surface area contributed by atoms with Crippen molar-refractivity contribution in [1.29, 1.82) is 0 Å². The van der Waals surface area contributed by atoms with Crippen molar-refractivity contribution in [1.82, 2.24) is 10.2 Å². The van der Waals surface area contributed by atoms with Gasteiger partial charge in [-0.2, -0.15) is 0 Å². The molecule has 4 nitrogen and oxygen atoms in total. The second-order valence-corrected chi connectivity index (χ2v) is 6.13. The standard InChI is InChI=1S/C14H28N2O2/c1-11-9-18-12(2)8-16(11)13-5-4-6-14(7-13,10-17)15-3/h11-13,15,17H,4-10H2,1-3H3. The van der Waals surface area contributed by atoms with Crippen LogP contribution in [0.1, 0.15) is 39.5 Å². The van der Waals surface area contributed by atoms with Gasteiger partial charge >= 0.3 is 0 Å². The summed E-state index contributed by atoms with van der Waals surface area (Å²) in [7, 11) is 1.98. The van der Waals surface area contributed by atoms with Gasteiger partial charge in [0.05, 0.1) is 19.3 Å². The van der Waals surface area contributed by atoms with Gasteiger partial charge in [0.15, 0.2) is 0 Å². The number of aliphatic hydroxyl groups is 1. The number of rotatable bonds is 3. The predicted molar refractivity (Wildman–Crippen MR) is 72.7 cm³/mol. The summed E-state index contributed by atoms with van der Waals surface area (Å²) in [5.41, 5.74) is -0.0653. The van der Waals surface area contributed by atoms with Gasteiger partial charge in [0.1, 0.15) is 0 Å². The second-order valence-electron chi connectivity index (χ2n) is 6.13. The maximum Gasteiger partial charge on any atom is 0.0674 e. The lowest BCUT2D eigenvalue weighted by molar-refractivity contribution is -0.0788. The zero-order valence-corrected chi connectivity index (χ0v) is 12.0. The Morgan fingerprint density at radius 2 is 2.22 bits per heavy atom. The molecule has 2 fully saturated rings. The van der Waals surface area contributed by atoms with E-state index in [4.69, 9.17) is 4.74 Å². The van der Waals surface area contributed by atoms with Gasteiger partial charge in [-0.1, -0.05) is 0 Å². The van der Waals surface area contributed by atoms with Crippen molar-refractivity contribution >= 4 is 0 Å². The fourth-order valence-electron chi connectivity index (χ4n) is 3.50. The Labute approximate surface area is 111 Å². The molecule has 0 aromatic carbocycles. The lowest BCUT2D eigenvalue weighted by Gasteiger charge is -2.48. The van der Waals surface area contributed by atoms with E-state index < -0.39 is 0 Å². The first-order valence-corrected chi connectivity index (χ1v) is 7.27. The molecule has 2 aliphatic rings. The topological polar surface area (TPSA) is 44.7 Å². The first-order valence-electron chi connectivity index (χ1n) is 7.27. The van der Waals surface area contributed by atoms with Crippen LogP contribution in [0.5, 0.6) is 0 Å². The number of nitrogens with zero attached hydrogens (tertiary/aromatic N) is 1. The molecule has 0 aromatic rings. The summed E-state index contributed by atoms with van der Waals surface area (Å²) in [6, 6.07) is 1.08. The average molecular weight is 256 g/mol. The fraction of sp³-hybridized carbons (Fsp3) is 1.00. The van der Waals surface area contributed by atoms with E-state index in [0.717, 1.165) is 26.0 Å². The van der Waals surface area contributed by atoms with Crippen LogP contribution in [0.25, 0.3) is 0 Å².